The van der Waals surface area contributed by atoms with E-state index in [4.69, 9.17) is 9.26 Å². The average Bonchev–Trinajstić information content (AvgIpc) is 2.95. The number of carbonyl (C=O) groups is 1. The predicted octanol–water partition coefficient (Wildman–Crippen LogP) is 4.39. The monoisotopic (exact) mass is 350 g/mol. The average molecular weight is 350 g/mol. The topological polar surface area (TPSA) is 65.2 Å². The molecule has 0 unspecified atom stereocenters. The van der Waals surface area contributed by atoms with E-state index in [1.807, 2.05) is 0 Å². The summed E-state index contributed by atoms with van der Waals surface area (Å²) in [6.45, 7) is 3.45. The summed E-state index contributed by atoms with van der Waals surface area (Å²) in [6.07, 6.45) is -4.48. The van der Waals surface area contributed by atoms with Gasteiger partial charge in [-0.15, -0.1) is 0 Å². The van der Waals surface area contributed by atoms with Crippen LogP contribution in [0.1, 0.15) is 28.5 Å². The maximum Gasteiger partial charge on any atom is 0.416 e. The van der Waals surface area contributed by atoms with Gasteiger partial charge in [-0.3, -0.25) is 0 Å². The number of esters is 1. The number of nitrogens with zero attached hydrogens (tertiary/aromatic N) is 2. The number of pyridine rings is 1. The molecule has 3 rings (SSSR count). The molecule has 0 atom stereocenters. The molecule has 8 heteroatoms. The van der Waals surface area contributed by atoms with Crippen molar-refractivity contribution in [1.82, 2.24) is 10.1 Å². The largest absolute Gasteiger partial charge is 0.462 e. The van der Waals surface area contributed by atoms with E-state index >= 15 is 0 Å². The summed E-state index contributed by atoms with van der Waals surface area (Å²) < 4.78 is 48.9. The number of alkyl halides is 3. The molecule has 0 aliphatic carbocycles. The summed E-state index contributed by atoms with van der Waals surface area (Å²) in [5, 5.41) is 4.15. The summed E-state index contributed by atoms with van der Waals surface area (Å²) in [7, 11) is 0. The van der Waals surface area contributed by atoms with Crippen molar-refractivity contribution in [3.05, 3.63) is 47.2 Å². The van der Waals surface area contributed by atoms with Gasteiger partial charge >= 0.3 is 12.1 Å². The number of aromatic nitrogens is 2. The second-order valence-electron chi connectivity index (χ2n) is 5.30. The van der Waals surface area contributed by atoms with Crippen LogP contribution in [0.2, 0.25) is 0 Å². The minimum Gasteiger partial charge on any atom is -0.462 e. The van der Waals surface area contributed by atoms with Crippen molar-refractivity contribution in [3.63, 3.8) is 0 Å². The van der Waals surface area contributed by atoms with Crippen molar-refractivity contribution in [3.8, 4) is 11.3 Å². The zero-order chi connectivity index (χ0) is 18.2. The number of ether oxygens (including phenoxy) is 1. The van der Waals surface area contributed by atoms with Crippen molar-refractivity contribution >= 4 is 17.1 Å². The third-order valence-electron chi connectivity index (χ3n) is 3.60. The molecule has 0 saturated heterocycles. The second kappa shape index (κ2) is 6.19. The molecule has 0 aliphatic rings. The third-order valence-corrected chi connectivity index (χ3v) is 3.60. The first-order valence-electron chi connectivity index (χ1n) is 7.43. The quantitative estimate of drug-likeness (QED) is 0.655. The molecule has 2 aromatic heterocycles. The third kappa shape index (κ3) is 3.19. The van der Waals surface area contributed by atoms with Crippen LogP contribution in [-0.2, 0) is 10.9 Å². The molecule has 1 aromatic carbocycles. The van der Waals surface area contributed by atoms with Gasteiger partial charge in [0.15, 0.2) is 0 Å². The van der Waals surface area contributed by atoms with Crippen molar-refractivity contribution in [1.29, 1.82) is 0 Å². The first-order chi connectivity index (χ1) is 11.8. The van der Waals surface area contributed by atoms with Gasteiger partial charge < -0.3 is 9.26 Å². The smallest absolute Gasteiger partial charge is 0.416 e. The SMILES string of the molecule is CCOC(=O)c1cc(-c2cccc(C(F)(F)F)c2)nc2onc(C)c12. The fraction of sp³-hybridized carbons (Fsp3) is 0.235. The molecule has 0 bridgehead atoms. The summed E-state index contributed by atoms with van der Waals surface area (Å²) in [4.78, 5) is 16.4. The first-order valence-corrected chi connectivity index (χ1v) is 7.43. The standard InChI is InChI=1S/C17H13F3N2O3/c1-3-24-16(23)12-8-13(21-15-14(12)9(2)22-25-15)10-5-4-6-11(7-10)17(18,19)20/h4-8H,3H2,1-2H3. The number of hydrogen-bond donors (Lipinski definition) is 0. The molecule has 0 aliphatic heterocycles. The van der Waals surface area contributed by atoms with Gasteiger partial charge in [0.05, 0.1) is 34.5 Å². The number of fused-ring (bicyclic) bond motifs is 1. The fourth-order valence-electron chi connectivity index (χ4n) is 2.47. The number of hydrogen-bond acceptors (Lipinski definition) is 5. The summed E-state index contributed by atoms with van der Waals surface area (Å²) in [6, 6.07) is 6.07. The minimum absolute atomic E-state index is 0.0652. The Morgan fingerprint density at radius 3 is 2.72 bits per heavy atom. The van der Waals surface area contributed by atoms with Crippen LogP contribution in [0.3, 0.4) is 0 Å². The predicted molar refractivity (Wildman–Crippen MR) is 82.9 cm³/mol. The molecule has 0 fully saturated rings. The van der Waals surface area contributed by atoms with E-state index in [9.17, 15) is 18.0 Å². The Balaban J connectivity index is 2.19. The van der Waals surface area contributed by atoms with Crippen molar-refractivity contribution in [2.24, 2.45) is 0 Å². The molecule has 0 radical (unpaired) electrons. The van der Waals surface area contributed by atoms with Gasteiger partial charge in [-0.1, -0.05) is 17.3 Å². The van der Waals surface area contributed by atoms with Crippen LogP contribution in [0.5, 0.6) is 0 Å². The minimum atomic E-state index is -4.48. The lowest BCUT2D eigenvalue weighted by molar-refractivity contribution is -0.137. The maximum absolute atomic E-state index is 12.9. The second-order valence-corrected chi connectivity index (χ2v) is 5.30. The van der Waals surface area contributed by atoms with Gasteiger partial charge in [0.25, 0.3) is 5.71 Å². The number of benzene rings is 1. The van der Waals surface area contributed by atoms with Crippen LogP contribution >= 0.6 is 0 Å². The highest BCUT2D eigenvalue weighted by atomic mass is 19.4. The van der Waals surface area contributed by atoms with E-state index in [2.05, 4.69) is 10.1 Å². The molecule has 130 valence electrons. The zero-order valence-electron chi connectivity index (χ0n) is 13.3. The molecule has 0 saturated carbocycles. The van der Waals surface area contributed by atoms with Crippen LogP contribution in [0.15, 0.2) is 34.9 Å². The molecule has 2 heterocycles. The normalized spacial score (nSPS) is 11.7. The number of halogens is 3. The van der Waals surface area contributed by atoms with Gasteiger partial charge in [-0.25, -0.2) is 9.78 Å². The van der Waals surface area contributed by atoms with Gasteiger partial charge in [0.1, 0.15) is 0 Å². The molecule has 25 heavy (non-hydrogen) atoms. The van der Waals surface area contributed by atoms with Crippen molar-refractivity contribution in [2.45, 2.75) is 20.0 Å². The van der Waals surface area contributed by atoms with Gasteiger partial charge in [-0.2, -0.15) is 13.2 Å². The number of rotatable bonds is 3. The van der Waals surface area contributed by atoms with Crippen LogP contribution in [0, 0.1) is 6.92 Å². The lowest BCUT2D eigenvalue weighted by atomic mass is 10.0. The number of aryl methyl sites for hydroxylation is 1. The van der Waals surface area contributed by atoms with Crippen molar-refractivity contribution in [2.75, 3.05) is 6.61 Å². The van der Waals surface area contributed by atoms with Gasteiger partial charge in [0.2, 0.25) is 0 Å². The van der Waals surface area contributed by atoms with Crippen LogP contribution in [0.4, 0.5) is 13.2 Å². The van der Waals surface area contributed by atoms with Crippen molar-refractivity contribution < 1.29 is 27.2 Å². The lowest BCUT2D eigenvalue weighted by Gasteiger charge is -2.09. The maximum atomic E-state index is 12.9. The Hall–Kier alpha value is -2.90. The Morgan fingerprint density at radius 1 is 1.28 bits per heavy atom. The van der Waals surface area contributed by atoms with Gasteiger partial charge in [0, 0.05) is 5.56 Å². The van der Waals surface area contributed by atoms with E-state index in [1.54, 1.807) is 13.8 Å². The Morgan fingerprint density at radius 2 is 2.04 bits per heavy atom. The summed E-state index contributed by atoms with van der Waals surface area (Å²) in [5.41, 5.74) is 0.224. The zero-order valence-corrected chi connectivity index (χ0v) is 13.3. The molecule has 0 amide bonds. The van der Waals surface area contributed by atoms with Crippen LogP contribution < -0.4 is 0 Å². The highest BCUT2D eigenvalue weighted by Crippen LogP contribution is 2.33. The summed E-state index contributed by atoms with van der Waals surface area (Å²) in [5.74, 6) is -0.616. The summed E-state index contributed by atoms with van der Waals surface area (Å²) >= 11 is 0. The molecule has 0 spiro atoms. The van der Waals surface area contributed by atoms with Gasteiger partial charge in [-0.05, 0) is 32.0 Å². The fourth-order valence-corrected chi connectivity index (χ4v) is 2.47. The van der Waals surface area contributed by atoms with E-state index < -0.39 is 17.7 Å². The Bertz CT molecular complexity index is 948. The highest BCUT2D eigenvalue weighted by Gasteiger charge is 2.30. The van der Waals surface area contributed by atoms with E-state index in [1.165, 1.54) is 18.2 Å². The van der Waals surface area contributed by atoms with E-state index in [0.29, 0.717) is 11.1 Å². The van der Waals surface area contributed by atoms with E-state index in [0.717, 1.165) is 12.1 Å². The molecular formula is C17H13F3N2O3. The van der Waals surface area contributed by atoms with Crippen LogP contribution in [0.25, 0.3) is 22.4 Å². The first kappa shape index (κ1) is 16.9. The molecular weight excluding hydrogens is 337 g/mol. The lowest BCUT2D eigenvalue weighted by Crippen LogP contribution is -2.07. The molecule has 3 aromatic rings. The van der Waals surface area contributed by atoms with E-state index in [-0.39, 0.29) is 29.1 Å². The number of carbonyl (C=O) groups excluding carboxylic acids is 1. The van der Waals surface area contributed by atoms with Crippen LogP contribution in [-0.4, -0.2) is 22.7 Å². The Labute approximate surface area is 140 Å². The Kier molecular flexibility index (Phi) is 4.20. The molecule has 5 nitrogen and oxygen atoms in total. The molecule has 0 N–H and O–H groups in total. The highest BCUT2D eigenvalue weighted by molar-refractivity contribution is 6.04.